The van der Waals surface area contributed by atoms with Crippen molar-refractivity contribution in [3.05, 3.63) is 29.8 Å². The summed E-state index contributed by atoms with van der Waals surface area (Å²) in [6, 6.07) is 2.51. The topological polar surface area (TPSA) is 89.9 Å². The molecule has 2 atom stereocenters. The van der Waals surface area contributed by atoms with Gasteiger partial charge in [0.1, 0.15) is 11.6 Å². The zero-order chi connectivity index (χ0) is 20.1. The number of Topliss-reactive ketones (excluding diaryl/α,β-unsaturated/α-hetero) is 1. The molecule has 0 aromatic heterocycles. The van der Waals surface area contributed by atoms with Gasteiger partial charge >= 0.3 is 7.12 Å². The molecule has 1 aliphatic heterocycles. The number of hydrogen-bond acceptors (Lipinski definition) is 5. The van der Waals surface area contributed by atoms with Crippen LogP contribution in [0.5, 0.6) is 0 Å². The van der Waals surface area contributed by atoms with Crippen LogP contribution in [0.4, 0.5) is 14.5 Å². The van der Waals surface area contributed by atoms with E-state index in [1.807, 2.05) is 13.8 Å². The number of nitrogens with zero attached hydrogens (tertiary/aromatic N) is 1. The average Bonchev–Trinajstić information content (AvgIpc) is 2.54. The SMILES string of the molecule is CC(C)C[C@H](NC(=O)CCC(=O)[C@@H]1CCN1c1cc(F)ccc1F)B(O)O. The van der Waals surface area contributed by atoms with Crippen molar-refractivity contribution in [1.29, 1.82) is 0 Å². The van der Waals surface area contributed by atoms with Gasteiger partial charge in [0.2, 0.25) is 5.91 Å². The summed E-state index contributed by atoms with van der Waals surface area (Å²) in [5.74, 6) is -2.50. The average molecular weight is 382 g/mol. The molecule has 1 saturated heterocycles. The molecular weight excluding hydrogens is 357 g/mol. The zero-order valence-electron chi connectivity index (χ0n) is 15.5. The van der Waals surface area contributed by atoms with Gasteiger partial charge in [-0.25, -0.2) is 8.78 Å². The van der Waals surface area contributed by atoms with Gasteiger partial charge < -0.3 is 20.3 Å². The van der Waals surface area contributed by atoms with E-state index in [0.717, 1.165) is 18.2 Å². The molecule has 0 bridgehead atoms. The summed E-state index contributed by atoms with van der Waals surface area (Å²) in [7, 11) is -1.68. The van der Waals surface area contributed by atoms with E-state index in [9.17, 15) is 28.4 Å². The van der Waals surface area contributed by atoms with Crippen molar-refractivity contribution in [2.75, 3.05) is 11.4 Å². The quantitative estimate of drug-likeness (QED) is 0.563. The minimum absolute atomic E-state index is 0.0458. The molecule has 3 N–H and O–H groups in total. The highest BCUT2D eigenvalue weighted by atomic mass is 19.1. The Bertz CT molecular complexity index is 687. The highest BCUT2D eigenvalue weighted by molar-refractivity contribution is 6.43. The van der Waals surface area contributed by atoms with Gasteiger partial charge in [-0.15, -0.1) is 0 Å². The molecule has 0 saturated carbocycles. The normalized spacial score (nSPS) is 17.4. The first-order valence-corrected chi connectivity index (χ1v) is 9.09. The van der Waals surface area contributed by atoms with Gasteiger partial charge in [0.05, 0.1) is 17.7 Å². The Morgan fingerprint density at radius 1 is 1.30 bits per heavy atom. The summed E-state index contributed by atoms with van der Waals surface area (Å²) < 4.78 is 27.2. The van der Waals surface area contributed by atoms with E-state index in [1.54, 1.807) is 0 Å². The molecule has 9 heteroatoms. The third-order valence-corrected chi connectivity index (χ3v) is 4.64. The summed E-state index contributed by atoms with van der Waals surface area (Å²) in [6.45, 7) is 4.22. The first-order chi connectivity index (χ1) is 12.7. The number of carbonyl (C=O) groups excluding carboxylic acids is 2. The molecular formula is C18H25BF2N2O4. The number of anilines is 1. The predicted molar refractivity (Wildman–Crippen MR) is 97.9 cm³/mol. The van der Waals surface area contributed by atoms with Gasteiger partial charge in [-0.05, 0) is 30.9 Å². The van der Waals surface area contributed by atoms with Crippen LogP contribution in [0.15, 0.2) is 18.2 Å². The van der Waals surface area contributed by atoms with Gasteiger partial charge in [-0.3, -0.25) is 9.59 Å². The Morgan fingerprint density at radius 2 is 2.00 bits per heavy atom. The summed E-state index contributed by atoms with van der Waals surface area (Å²) in [5.41, 5.74) is 0.0458. The summed E-state index contributed by atoms with van der Waals surface area (Å²) in [6.07, 6.45) is 0.754. The standard InChI is InChI=1S/C18H25BF2N2O4/c1-11(2)9-17(19(26)27)22-18(25)6-5-16(24)14-7-8-23(14)15-10-12(20)3-4-13(15)21/h3-4,10-11,14,17,26-27H,5-9H2,1-2H3,(H,22,25)/t14-,17-/m0/s1. The molecule has 148 valence electrons. The lowest BCUT2D eigenvalue weighted by atomic mass is 9.75. The number of amides is 1. The van der Waals surface area contributed by atoms with Crippen molar-refractivity contribution >= 4 is 24.5 Å². The van der Waals surface area contributed by atoms with E-state index in [4.69, 9.17) is 0 Å². The molecule has 1 fully saturated rings. The molecule has 27 heavy (non-hydrogen) atoms. The highest BCUT2D eigenvalue weighted by Gasteiger charge is 2.35. The zero-order valence-corrected chi connectivity index (χ0v) is 15.5. The van der Waals surface area contributed by atoms with Crippen molar-refractivity contribution in [2.45, 2.75) is 51.5 Å². The lowest BCUT2D eigenvalue weighted by molar-refractivity contribution is -0.126. The number of hydrogen-bond donors (Lipinski definition) is 3. The van der Waals surface area contributed by atoms with Crippen LogP contribution >= 0.6 is 0 Å². The lowest BCUT2D eigenvalue weighted by Crippen LogP contribution is -2.53. The van der Waals surface area contributed by atoms with E-state index in [1.165, 1.54) is 4.90 Å². The smallest absolute Gasteiger partial charge is 0.426 e. The van der Waals surface area contributed by atoms with E-state index >= 15 is 0 Å². The van der Waals surface area contributed by atoms with Crippen LogP contribution in [-0.2, 0) is 9.59 Å². The maximum atomic E-state index is 13.9. The van der Waals surface area contributed by atoms with Crippen LogP contribution < -0.4 is 10.2 Å². The maximum Gasteiger partial charge on any atom is 0.475 e. The van der Waals surface area contributed by atoms with Crippen LogP contribution in [0.25, 0.3) is 0 Å². The Morgan fingerprint density at radius 3 is 2.56 bits per heavy atom. The number of halogens is 2. The second-order valence-electron chi connectivity index (χ2n) is 7.28. The van der Waals surface area contributed by atoms with Crippen LogP contribution in [-0.4, -0.2) is 47.4 Å². The molecule has 0 unspecified atom stereocenters. The van der Waals surface area contributed by atoms with Crippen LogP contribution in [0.2, 0.25) is 0 Å². The van der Waals surface area contributed by atoms with Crippen molar-refractivity contribution in [3.63, 3.8) is 0 Å². The third-order valence-electron chi connectivity index (χ3n) is 4.64. The summed E-state index contributed by atoms with van der Waals surface area (Å²) >= 11 is 0. The van der Waals surface area contributed by atoms with E-state index in [0.29, 0.717) is 19.4 Å². The minimum atomic E-state index is -1.68. The molecule has 1 heterocycles. The number of carbonyl (C=O) groups is 2. The Labute approximate surface area is 157 Å². The Balaban J connectivity index is 1.88. The number of benzene rings is 1. The van der Waals surface area contributed by atoms with E-state index in [-0.39, 0.29) is 30.2 Å². The molecule has 1 amide bonds. The second kappa shape index (κ2) is 9.28. The van der Waals surface area contributed by atoms with Crippen molar-refractivity contribution in [2.24, 2.45) is 5.92 Å². The third kappa shape index (κ3) is 5.74. The number of nitrogens with one attached hydrogen (secondary N) is 1. The fraction of sp³-hybridized carbons (Fsp3) is 0.556. The lowest BCUT2D eigenvalue weighted by Gasteiger charge is -2.42. The van der Waals surface area contributed by atoms with Gasteiger partial charge in [-0.1, -0.05) is 13.8 Å². The molecule has 0 radical (unpaired) electrons. The fourth-order valence-electron chi connectivity index (χ4n) is 3.16. The van der Waals surface area contributed by atoms with Crippen LogP contribution in [0, 0.1) is 17.6 Å². The fourth-order valence-corrected chi connectivity index (χ4v) is 3.16. The summed E-state index contributed by atoms with van der Waals surface area (Å²) in [5, 5.41) is 21.2. The number of ketones is 1. The largest absolute Gasteiger partial charge is 0.475 e. The number of rotatable bonds is 9. The molecule has 0 spiro atoms. The highest BCUT2D eigenvalue weighted by Crippen LogP contribution is 2.30. The summed E-state index contributed by atoms with van der Waals surface area (Å²) in [4.78, 5) is 25.9. The maximum absolute atomic E-state index is 13.9. The molecule has 6 nitrogen and oxygen atoms in total. The molecule has 1 aromatic carbocycles. The van der Waals surface area contributed by atoms with Gasteiger partial charge in [0.15, 0.2) is 5.78 Å². The molecule has 2 rings (SSSR count). The van der Waals surface area contributed by atoms with Crippen LogP contribution in [0.3, 0.4) is 0 Å². The van der Waals surface area contributed by atoms with Crippen molar-refractivity contribution in [1.82, 2.24) is 5.32 Å². The van der Waals surface area contributed by atoms with E-state index in [2.05, 4.69) is 5.32 Å². The predicted octanol–water partition coefficient (Wildman–Crippen LogP) is 1.44. The van der Waals surface area contributed by atoms with Gasteiger partial charge in [0.25, 0.3) is 0 Å². The first-order valence-electron chi connectivity index (χ1n) is 9.09. The van der Waals surface area contributed by atoms with Gasteiger partial charge in [0, 0.05) is 25.5 Å². The van der Waals surface area contributed by atoms with E-state index < -0.39 is 36.6 Å². The van der Waals surface area contributed by atoms with Crippen molar-refractivity contribution < 1.29 is 28.4 Å². The first kappa shape index (κ1) is 21.3. The minimum Gasteiger partial charge on any atom is -0.426 e. The van der Waals surface area contributed by atoms with Crippen molar-refractivity contribution in [3.8, 4) is 0 Å². The molecule has 1 aromatic rings. The molecule has 0 aliphatic carbocycles. The monoisotopic (exact) mass is 382 g/mol. The Kier molecular flexibility index (Phi) is 7.32. The molecule has 1 aliphatic rings. The Hall–Kier alpha value is -2.00. The second-order valence-corrected chi connectivity index (χ2v) is 7.28. The van der Waals surface area contributed by atoms with Gasteiger partial charge in [-0.2, -0.15) is 0 Å². The van der Waals surface area contributed by atoms with Crippen LogP contribution in [0.1, 0.15) is 39.5 Å².